The maximum Gasteiger partial charge on any atom is 0.0540 e. The number of hydrogen-bond acceptors (Lipinski definition) is 1. The van der Waals surface area contributed by atoms with Gasteiger partial charge in [-0.3, -0.25) is 0 Å². The molecular formula is C57H41N. The Labute approximate surface area is 340 Å². The van der Waals surface area contributed by atoms with Gasteiger partial charge >= 0.3 is 0 Å². The van der Waals surface area contributed by atoms with Gasteiger partial charge < -0.3 is 4.90 Å². The van der Waals surface area contributed by atoms with Gasteiger partial charge in [-0.25, -0.2) is 0 Å². The summed E-state index contributed by atoms with van der Waals surface area (Å²) in [5.41, 5.74) is 16.2. The number of fused-ring (bicyclic) bond motifs is 7. The Balaban J connectivity index is 1.10. The van der Waals surface area contributed by atoms with Crippen LogP contribution in [0.1, 0.15) is 25.0 Å². The minimum Gasteiger partial charge on any atom is -0.310 e. The first-order chi connectivity index (χ1) is 28.5. The maximum atomic E-state index is 2.45. The van der Waals surface area contributed by atoms with E-state index in [0.717, 1.165) is 17.1 Å². The quantitative estimate of drug-likeness (QED) is 0.164. The molecule has 10 aromatic rings. The lowest BCUT2D eigenvalue weighted by atomic mass is 9.82. The Hall–Kier alpha value is -7.22. The zero-order chi connectivity index (χ0) is 38.8. The average molecular weight is 740 g/mol. The number of rotatable bonds is 6. The summed E-state index contributed by atoms with van der Waals surface area (Å²) in [5.74, 6) is 0. The highest BCUT2D eigenvalue weighted by Crippen LogP contribution is 2.52. The summed E-state index contributed by atoms with van der Waals surface area (Å²) in [6, 6.07) is 78.1. The van der Waals surface area contributed by atoms with Gasteiger partial charge in [-0.2, -0.15) is 0 Å². The largest absolute Gasteiger partial charge is 0.310 e. The minimum atomic E-state index is -0.0437. The second-order valence-corrected chi connectivity index (χ2v) is 16.1. The van der Waals surface area contributed by atoms with Gasteiger partial charge in [0.05, 0.1) is 5.69 Å². The maximum absolute atomic E-state index is 2.45. The summed E-state index contributed by atoms with van der Waals surface area (Å²) in [6.07, 6.45) is 0. The van der Waals surface area contributed by atoms with Crippen molar-refractivity contribution in [2.45, 2.75) is 19.3 Å². The molecule has 10 aromatic carbocycles. The van der Waals surface area contributed by atoms with Crippen molar-refractivity contribution in [3.8, 4) is 44.5 Å². The molecule has 1 heteroatoms. The van der Waals surface area contributed by atoms with E-state index in [1.165, 1.54) is 88.0 Å². The first-order valence-corrected chi connectivity index (χ1v) is 20.3. The SMILES string of the molecule is CC1(C)c2ccccc2-c2c1ccc1cc(N(c3ccc(-c4cccc5cccc(-c6ccccc6)c45)cc3)c3ccc(-c4ccccc4)c4ccccc34)ccc21. The van der Waals surface area contributed by atoms with Gasteiger partial charge in [-0.15, -0.1) is 0 Å². The number of nitrogens with zero attached hydrogens (tertiary/aromatic N) is 1. The Morgan fingerprint density at radius 1 is 0.345 bits per heavy atom. The van der Waals surface area contributed by atoms with Crippen LogP contribution >= 0.6 is 0 Å². The van der Waals surface area contributed by atoms with Crippen molar-refractivity contribution >= 4 is 49.4 Å². The highest BCUT2D eigenvalue weighted by atomic mass is 15.1. The Kier molecular flexibility index (Phi) is 7.91. The third-order valence-corrected chi connectivity index (χ3v) is 12.5. The predicted octanol–water partition coefficient (Wildman–Crippen LogP) is 15.9. The van der Waals surface area contributed by atoms with Crippen molar-refractivity contribution < 1.29 is 0 Å². The Morgan fingerprint density at radius 3 is 1.66 bits per heavy atom. The number of benzene rings is 10. The monoisotopic (exact) mass is 739 g/mol. The van der Waals surface area contributed by atoms with E-state index in [2.05, 4.69) is 231 Å². The molecule has 0 atom stereocenters. The molecular weight excluding hydrogens is 699 g/mol. The first kappa shape index (κ1) is 34.1. The molecule has 1 aliphatic carbocycles. The molecule has 0 bridgehead atoms. The standard InChI is InChI=1S/C57H41N/c1-57(2)52-26-12-11-23-51(52)56-48-33-32-44(37-42(48)29-35-53(56)57)58(54-36-34-45(38-15-5-3-6-16-38)49-21-9-10-22-50(49)54)43-30-27-40(28-31-43)47-25-14-20-41-19-13-24-46(55(41)47)39-17-7-4-8-18-39/h3-37H,1-2H3. The average Bonchev–Trinajstić information content (AvgIpc) is 3.52. The third-order valence-electron chi connectivity index (χ3n) is 12.5. The fraction of sp³-hybridized carbons (Fsp3) is 0.0526. The van der Waals surface area contributed by atoms with Gasteiger partial charge in [-0.05, 0) is 113 Å². The lowest BCUT2D eigenvalue weighted by Crippen LogP contribution is -2.14. The van der Waals surface area contributed by atoms with Crippen molar-refractivity contribution in [3.05, 3.63) is 223 Å². The summed E-state index contributed by atoms with van der Waals surface area (Å²) < 4.78 is 0. The number of anilines is 3. The summed E-state index contributed by atoms with van der Waals surface area (Å²) >= 11 is 0. The molecule has 0 radical (unpaired) electrons. The van der Waals surface area contributed by atoms with Crippen LogP contribution in [-0.2, 0) is 5.41 Å². The molecule has 0 aromatic heterocycles. The van der Waals surface area contributed by atoms with Gasteiger partial charge in [0.2, 0.25) is 0 Å². The Bertz CT molecular complexity index is 3170. The van der Waals surface area contributed by atoms with Crippen LogP contribution in [0.15, 0.2) is 212 Å². The van der Waals surface area contributed by atoms with Crippen molar-refractivity contribution in [1.82, 2.24) is 0 Å². The predicted molar refractivity (Wildman–Crippen MR) is 248 cm³/mol. The highest BCUT2D eigenvalue weighted by Gasteiger charge is 2.36. The van der Waals surface area contributed by atoms with Gasteiger partial charge in [-0.1, -0.05) is 196 Å². The van der Waals surface area contributed by atoms with Gasteiger partial charge in [0, 0.05) is 22.2 Å². The molecule has 274 valence electrons. The normalized spacial score (nSPS) is 12.8. The fourth-order valence-electron chi connectivity index (χ4n) is 9.66. The minimum absolute atomic E-state index is 0.0437. The fourth-order valence-corrected chi connectivity index (χ4v) is 9.66. The van der Waals surface area contributed by atoms with Crippen molar-refractivity contribution in [1.29, 1.82) is 0 Å². The smallest absolute Gasteiger partial charge is 0.0540 e. The number of hydrogen-bond donors (Lipinski definition) is 0. The van der Waals surface area contributed by atoms with Crippen molar-refractivity contribution in [3.63, 3.8) is 0 Å². The molecule has 1 nitrogen and oxygen atoms in total. The Morgan fingerprint density at radius 2 is 0.931 bits per heavy atom. The molecule has 0 fully saturated rings. The van der Waals surface area contributed by atoms with Crippen LogP contribution in [0, 0.1) is 0 Å². The zero-order valence-corrected chi connectivity index (χ0v) is 32.7. The second kappa shape index (κ2) is 13.5. The van der Waals surface area contributed by atoms with E-state index in [-0.39, 0.29) is 5.41 Å². The van der Waals surface area contributed by atoms with Gasteiger partial charge in [0.25, 0.3) is 0 Å². The van der Waals surface area contributed by atoms with E-state index in [4.69, 9.17) is 0 Å². The molecule has 1 aliphatic rings. The molecule has 0 amide bonds. The van der Waals surface area contributed by atoms with E-state index in [1.807, 2.05) is 0 Å². The lowest BCUT2D eigenvalue weighted by molar-refractivity contribution is 0.661. The molecule has 0 saturated heterocycles. The summed E-state index contributed by atoms with van der Waals surface area (Å²) in [6.45, 7) is 4.71. The van der Waals surface area contributed by atoms with Crippen LogP contribution < -0.4 is 4.90 Å². The molecule has 11 rings (SSSR count). The van der Waals surface area contributed by atoms with Crippen LogP contribution in [0.25, 0.3) is 76.8 Å². The van der Waals surface area contributed by atoms with E-state index < -0.39 is 0 Å². The highest BCUT2D eigenvalue weighted by molar-refractivity contribution is 6.09. The lowest BCUT2D eigenvalue weighted by Gasteiger charge is -2.28. The van der Waals surface area contributed by atoms with Crippen molar-refractivity contribution in [2.75, 3.05) is 4.90 Å². The van der Waals surface area contributed by atoms with Crippen LogP contribution in [-0.4, -0.2) is 0 Å². The molecule has 0 N–H and O–H groups in total. The van der Waals surface area contributed by atoms with E-state index in [0.29, 0.717) is 0 Å². The zero-order valence-electron chi connectivity index (χ0n) is 32.7. The van der Waals surface area contributed by atoms with Gasteiger partial charge in [0.1, 0.15) is 0 Å². The molecule has 0 spiro atoms. The molecule has 0 saturated carbocycles. The third kappa shape index (κ3) is 5.39. The summed E-state index contributed by atoms with van der Waals surface area (Å²) in [4.78, 5) is 2.45. The van der Waals surface area contributed by atoms with Crippen molar-refractivity contribution in [2.24, 2.45) is 0 Å². The van der Waals surface area contributed by atoms with Crippen LogP contribution in [0.2, 0.25) is 0 Å². The summed E-state index contributed by atoms with van der Waals surface area (Å²) in [7, 11) is 0. The van der Waals surface area contributed by atoms with E-state index in [1.54, 1.807) is 0 Å². The summed E-state index contributed by atoms with van der Waals surface area (Å²) in [5, 5.41) is 7.48. The van der Waals surface area contributed by atoms with E-state index in [9.17, 15) is 0 Å². The molecule has 58 heavy (non-hydrogen) atoms. The molecule has 0 unspecified atom stereocenters. The first-order valence-electron chi connectivity index (χ1n) is 20.3. The van der Waals surface area contributed by atoms with Crippen LogP contribution in [0.3, 0.4) is 0 Å². The molecule has 0 aliphatic heterocycles. The molecule has 0 heterocycles. The van der Waals surface area contributed by atoms with Crippen LogP contribution in [0.4, 0.5) is 17.1 Å². The second-order valence-electron chi connectivity index (χ2n) is 16.1. The van der Waals surface area contributed by atoms with Crippen LogP contribution in [0.5, 0.6) is 0 Å². The van der Waals surface area contributed by atoms with E-state index >= 15 is 0 Å². The van der Waals surface area contributed by atoms with Gasteiger partial charge in [0.15, 0.2) is 0 Å². The topological polar surface area (TPSA) is 3.24 Å².